The Morgan fingerprint density at radius 3 is 2.87 bits per heavy atom. The molecule has 0 atom stereocenters. The minimum atomic E-state index is -0.356. The van der Waals surface area contributed by atoms with Crippen LogP contribution in [0.25, 0.3) is 0 Å². The summed E-state index contributed by atoms with van der Waals surface area (Å²) in [4.78, 5) is 16.3. The quantitative estimate of drug-likeness (QED) is 0.632. The third kappa shape index (κ3) is 1.01. The van der Waals surface area contributed by atoms with Gasteiger partial charge in [-0.2, -0.15) is 0 Å². The van der Waals surface area contributed by atoms with Crippen LogP contribution in [0.4, 0.5) is 5.69 Å². The van der Waals surface area contributed by atoms with E-state index in [9.17, 15) is 4.79 Å². The van der Waals surface area contributed by atoms with Gasteiger partial charge in [-0.3, -0.25) is 9.78 Å². The van der Waals surface area contributed by atoms with E-state index in [-0.39, 0.29) is 11.3 Å². The Hall–Kier alpha value is -1.09. The van der Waals surface area contributed by atoms with Crippen molar-refractivity contribution >= 4 is 23.4 Å². The van der Waals surface area contributed by atoms with Crippen LogP contribution in [0.5, 0.6) is 0 Å². The Morgan fingerprint density at radius 2 is 2.13 bits per heavy atom. The highest BCUT2D eigenvalue weighted by atomic mass is 35.5. The minimum Gasteiger partial charge on any atom is -0.272 e. The molecule has 0 saturated heterocycles. The average Bonchev–Trinajstić information content (AvgIpc) is 2.83. The van der Waals surface area contributed by atoms with E-state index >= 15 is 0 Å². The standard InChI is InChI=1S/C11H11ClN2O/c12-14-9-3-6-13-7-8(9)11(10(14)15)4-1-2-5-11/h3,6-7H,1-2,4-5H2. The van der Waals surface area contributed by atoms with E-state index in [4.69, 9.17) is 11.8 Å². The second kappa shape index (κ2) is 2.95. The summed E-state index contributed by atoms with van der Waals surface area (Å²) in [5.41, 5.74) is 1.48. The van der Waals surface area contributed by atoms with Gasteiger partial charge in [-0.1, -0.05) is 12.8 Å². The lowest BCUT2D eigenvalue weighted by molar-refractivity contribution is -0.121. The molecule has 2 aliphatic rings. The van der Waals surface area contributed by atoms with Gasteiger partial charge in [0.05, 0.1) is 11.1 Å². The molecule has 0 unspecified atom stereocenters. The van der Waals surface area contributed by atoms with Gasteiger partial charge in [0.25, 0.3) is 5.91 Å². The van der Waals surface area contributed by atoms with E-state index in [1.807, 2.05) is 6.07 Å². The lowest BCUT2D eigenvalue weighted by Crippen LogP contribution is -2.33. The number of hydrogen-bond donors (Lipinski definition) is 0. The van der Waals surface area contributed by atoms with E-state index in [0.717, 1.165) is 36.9 Å². The van der Waals surface area contributed by atoms with Gasteiger partial charge in [0, 0.05) is 29.7 Å². The maximum Gasteiger partial charge on any atom is 0.252 e. The van der Waals surface area contributed by atoms with Crippen LogP contribution in [0.3, 0.4) is 0 Å². The summed E-state index contributed by atoms with van der Waals surface area (Å²) < 4.78 is 1.27. The molecule has 4 heteroatoms. The highest BCUT2D eigenvalue weighted by molar-refractivity contribution is 6.40. The van der Waals surface area contributed by atoms with Crippen molar-refractivity contribution in [2.24, 2.45) is 0 Å². The van der Waals surface area contributed by atoms with Crippen molar-refractivity contribution in [3.63, 3.8) is 0 Å². The van der Waals surface area contributed by atoms with Crippen molar-refractivity contribution in [2.45, 2.75) is 31.1 Å². The first-order valence-electron chi connectivity index (χ1n) is 5.20. The number of nitrogens with zero attached hydrogens (tertiary/aromatic N) is 2. The molecular weight excluding hydrogens is 212 g/mol. The number of halogens is 1. The van der Waals surface area contributed by atoms with Crippen molar-refractivity contribution in [2.75, 3.05) is 4.42 Å². The predicted molar refractivity (Wildman–Crippen MR) is 57.7 cm³/mol. The number of carbonyl (C=O) groups is 1. The van der Waals surface area contributed by atoms with Crippen LogP contribution in [0, 0.1) is 0 Å². The molecule has 1 saturated carbocycles. The largest absolute Gasteiger partial charge is 0.272 e. The number of hydrogen-bond acceptors (Lipinski definition) is 2. The highest BCUT2D eigenvalue weighted by Crippen LogP contribution is 2.51. The van der Waals surface area contributed by atoms with Gasteiger partial charge >= 0.3 is 0 Å². The molecule has 1 spiro atoms. The molecule has 0 radical (unpaired) electrons. The summed E-state index contributed by atoms with van der Waals surface area (Å²) in [5, 5.41) is 0. The molecule has 0 bridgehead atoms. The smallest absolute Gasteiger partial charge is 0.252 e. The van der Waals surface area contributed by atoms with Crippen LogP contribution in [0.2, 0.25) is 0 Å². The number of pyridine rings is 1. The van der Waals surface area contributed by atoms with Gasteiger partial charge in [0.1, 0.15) is 0 Å². The van der Waals surface area contributed by atoms with Gasteiger partial charge in [0.15, 0.2) is 0 Å². The van der Waals surface area contributed by atoms with Crippen LogP contribution in [0.15, 0.2) is 18.5 Å². The van der Waals surface area contributed by atoms with E-state index in [0.29, 0.717) is 0 Å². The summed E-state index contributed by atoms with van der Waals surface area (Å²) in [6, 6.07) is 1.81. The molecule has 0 N–H and O–H groups in total. The van der Waals surface area contributed by atoms with Crippen molar-refractivity contribution in [3.8, 4) is 0 Å². The lowest BCUT2D eigenvalue weighted by Gasteiger charge is -2.20. The third-order valence-electron chi connectivity index (χ3n) is 3.57. The van der Waals surface area contributed by atoms with Crippen LogP contribution in [0.1, 0.15) is 31.2 Å². The molecule has 1 amide bonds. The molecule has 0 aromatic carbocycles. The maximum absolute atomic E-state index is 12.2. The summed E-state index contributed by atoms with van der Waals surface area (Å²) >= 11 is 6.02. The van der Waals surface area contributed by atoms with Crippen LogP contribution < -0.4 is 4.42 Å². The van der Waals surface area contributed by atoms with E-state index in [1.54, 1.807) is 12.4 Å². The van der Waals surface area contributed by atoms with Crippen LogP contribution in [-0.4, -0.2) is 10.9 Å². The molecule has 3 nitrogen and oxygen atoms in total. The Morgan fingerprint density at radius 1 is 1.40 bits per heavy atom. The summed E-state index contributed by atoms with van der Waals surface area (Å²) in [5.74, 6) is 0.0321. The first-order valence-corrected chi connectivity index (χ1v) is 5.54. The minimum absolute atomic E-state index is 0.0321. The second-order valence-corrected chi connectivity index (χ2v) is 4.61. The van der Waals surface area contributed by atoms with Crippen molar-refractivity contribution in [1.29, 1.82) is 0 Å². The summed E-state index contributed by atoms with van der Waals surface area (Å²) in [6.45, 7) is 0. The molecule has 2 heterocycles. The molecule has 1 fully saturated rings. The topological polar surface area (TPSA) is 33.2 Å². The lowest BCUT2D eigenvalue weighted by atomic mass is 9.81. The monoisotopic (exact) mass is 222 g/mol. The Balaban J connectivity index is 2.22. The number of carbonyl (C=O) groups excluding carboxylic acids is 1. The molecular formula is C11H11ClN2O. The van der Waals surface area contributed by atoms with Crippen LogP contribution in [-0.2, 0) is 10.2 Å². The normalized spacial score (nSPS) is 22.5. The molecule has 78 valence electrons. The van der Waals surface area contributed by atoms with E-state index in [1.165, 1.54) is 4.42 Å². The molecule has 1 aliphatic heterocycles. The van der Waals surface area contributed by atoms with E-state index < -0.39 is 0 Å². The zero-order chi connectivity index (χ0) is 10.5. The molecule has 3 rings (SSSR count). The summed E-state index contributed by atoms with van der Waals surface area (Å²) in [7, 11) is 0. The third-order valence-corrected chi connectivity index (χ3v) is 3.91. The summed E-state index contributed by atoms with van der Waals surface area (Å²) in [6.07, 6.45) is 7.49. The Kier molecular flexibility index (Phi) is 1.80. The van der Waals surface area contributed by atoms with E-state index in [2.05, 4.69) is 4.98 Å². The van der Waals surface area contributed by atoms with Gasteiger partial charge in [0.2, 0.25) is 0 Å². The number of anilines is 1. The fourth-order valence-electron chi connectivity index (χ4n) is 2.80. The molecule has 1 aliphatic carbocycles. The highest BCUT2D eigenvalue weighted by Gasteiger charge is 2.52. The zero-order valence-corrected chi connectivity index (χ0v) is 9.00. The van der Waals surface area contributed by atoms with Gasteiger partial charge in [-0.05, 0) is 18.9 Å². The van der Waals surface area contributed by atoms with Gasteiger partial charge in [-0.15, -0.1) is 0 Å². The number of fused-ring (bicyclic) bond motifs is 2. The average molecular weight is 223 g/mol. The Bertz CT molecular complexity index is 426. The number of aromatic nitrogens is 1. The van der Waals surface area contributed by atoms with Crippen molar-refractivity contribution < 1.29 is 4.79 Å². The van der Waals surface area contributed by atoms with Gasteiger partial charge in [-0.25, -0.2) is 4.42 Å². The molecule has 1 aromatic heterocycles. The number of amides is 1. The predicted octanol–water partition coefficient (Wildman–Crippen LogP) is 2.39. The first kappa shape index (κ1) is 9.16. The van der Waals surface area contributed by atoms with Crippen molar-refractivity contribution in [3.05, 3.63) is 24.0 Å². The molecule has 1 aromatic rings. The molecule has 15 heavy (non-hydrogen) atoms. The zero-order valence-electron chi connectivity index (χ0n) is 8.24. The van der Waals surface area contributed by atoms with Crippen LogP contribution >= 0.6 is 11.8 Å². The fraction of sp³-hybridized carbons (Fsp3) is 0.455. The first-order chi connectivity index (χ1) is 7.26. The SMILES string of the molecule is O=C1N(Cl)c2ccncc2C12CCCC2. The fourth-order valence-corrected chi connectivity index (χ4v) is 3.11. The Labute approximate surface area is 93.2 Å². The maximum atomic E-state index is 12.2. The number of rotatable bonds is 0. The second-order valence-electron chi connectivity index (χ2n) is 4.27. The van der Waals surface area contributed by atoms with Gasteiger partial charge < -0.3 is 0 Å². The van der Waals surface area contributed by atoms with Crippen molar-refractivity contribution in [1.82, 2.24) is 4.98 Å².